The summed E-state index contributed by atoms with van der Waals surface area (Å²) in [6.07, 6.45) is -0.00837. The molecule has 0 radical (unpaired) electrons. The van der Waals surface area contributed by atoms with E-state index >= 15 is 0 Å². The fraction of sp³-hybridized carbons (Fsp3) is 0.111. The Labute approximate surface area is 118 Å². The maximum atomic E-state index is 9.54. The van der Waals surface area contributed by atoms with E-state index in [0.29, 0.717) is 0 Å². The van der Waals surface area contributed by atoms with Gasteiger partial charge >= 0.3 is 0 Å². The van der Waals surface area contributed by atoms with Crippen molar-refractivity contribution in [2.24, 2.45) is 0 Å². The van der Waals surface area contributed by atoms with Crippen LogP contribution in [0.25, 0.3) is 10.8 Å². The molecule has 0 aliphatic carbocycles. The van der Waals surface area contributed by atoms with Gasteiger partial charge in [-0.2, -0.15) is 0 Å². The van der Waals surface area contributed by atoms with Crippen molar-refractivity contribution in [3.8, 4) is 11.5 Å². The van der Waals surface area contributed by atoms with Gasteiger partial charge in [0.2, 0.25) is 0 Å². The molecule has 0 spiro atoms. The minimum absolute atomic E-state index is 0.00837. The molecular weight excluding hydrogens is 248 g/mol. The second-order valence-electron chi connectivity index (χ2n) is 4.86. The van der Waals surface area contributed by atoms with Crippen molar-refractivity contribution in [3.05, 3.63) is 72.3 Å². The topological polar surface area (TPSA) is 29.5 Å². The van der Waals surface area contributed by atoms with Crippen LogP contribution in [0.2, 0.25) is 0 Å². The maximum absolute atomic E-state index is 9.54. The lowest BCUT2D eigenvalue weighted by molar-refractivity contribution is 0.227. The van der Waals surface area contributed by atoms with E-state index in [2.05, 4.69) is 12.1 Å². The van der Waals surface area contributed by atoms with Gasteiger partial charge in [0.1, 0.15) is 17.6 Å². The van der Waals surface area contributed by atoms with Crippen molar-refractivity contribution < 1.29 is 9.84 Å². The molecule has 0 aliphatic rings. The van der Waals surface area contributed by atoms with Crippen molar-refractivity contribution in [1.82, 2.24) is 0 Å². The highest BCUT2D eigenvalue weighted by Gasteiger charge is 2.07. The molecule has 0 fully saturated rings. The number of phenols is 1. The van der Waals surface area contributed by atoms with E-state index in [-0.39, 0.29) is 11.9 Å². The van der Waals surface area contributed by atoms with Crippen LogP contribution in [0.3, 0.4) is 0 Å². The summed E-state index contributed by atoms with van der Waals surface area (Å²) in [4.78, 5) is 0. The zero-order valence-corrected chi connectivity index (χ0v) is 11.3. The zero-order chi connectivity index (χ0) is 13.9. The van der Waals surface area contributed by atoms with Gasteiger partial charge < -0.3 is 9.84 Å². The molecule has 0 bridgehead atoms. The van der Waals surface area contributed by atoms with Gasteiger partial charge in [-0.1, -0.05) is 42.5 Å². The normalized spacial score (nSPS) is 12.2. The first kappa shape index (κ1) is 12.5. The molecule has 1 N–H and O–H groups in total. The first-order chi connectivity index (χ1) is 9.72. The second-order valence-corrected chi connectivity index (χ2v) is 4.86. The maximum Gasteiger partial charge on any atom is 0.121 e. The number of fused-ring (bicyclic) bond motifs is 1. The van der Waals surface area contributed by atoms with E-state index in [9.17, 15) is 5.11 Å². The lowest BCUT2D eigenvalue weighted by atomic mass is 10.1. The highest BCUT2D eigenvalue weighted by molar-refractivity contribution is 5.85. The summed E-state index contributed by atoms with van der Waals surface area (Å²) >= 11 is 0. The minimum atomic E-state index is -0.00837. The monoisotopic (exact) mass is 264 g/mol. The SMILES string of the molecule is CC(Oc1ccc2ccc(O)cc2c1)c1ccccc1. The van der Waals surface area contributed by atoms with Crippen LogP contribution in [-0.4, -0.2) is 5.11 Å². The third kappa shape index (κ3) is 2.59. The van der Waals surface area contributed by atoms with E-state index in [1.165, 1.54) is 0 Å². The van der Waals surface area contributed by atoms with Crippen LogP contribution in [0.5, 0.6) is 11.5 Å². The molecule has 0 saturated heterocycles. The summed E-state index contributed by atoms with van der Waals surface area (Å²) in [6, 6.07) is 21.4. The second kappa shape index (κ2) is 5.25. The molecule has 0 amide bonds. The number of aromatic hydroxyl groups is 1. The van der Waals surface area contributed by atoms with Gasteiger partial charge in [0.25, 0.3) is 0 Å². The van der Waals surface area contributed by atoms with Gasteiger partial charge in [0.05, 0.1) is 0 Å². The third-order valence-corrected chi connectivity index (χ3v) is 3.38. The van der Waals surface area contributed by atoms with E-state index in [0.717, 1.165) is 22.1 Å². The summed E-state index contributed by atoms with van der Waals surface area (Å²) in [5.41, 5.74) is 1.14. The van der Waals surface area contributed by atoms with E-state index in [1.54, 1.807) is 12.1 Å². The van der Waals surface area contributed by atoms with Crippen LogP contribution < -0.4 is 4.74 Å². The standard InChI is InChI=1S/C18H16O2/c1-13(14-5-3-2-4-6-14)20-18-10-8-15-7-9-17(19)11-16(15)12-18/h2-13,19H,1H3. The fourth-order valence-corrected chi connectivity index (χ4v) is 2.28. The molecule has 1 unspecified atom stereocenters. The average molecular weight is 264 g/mol. The Bertz CT molecular complexity index is 720. The van der Waals surface area contributed by atoms with Gasteiger partial charge in [-0.05, 0) is 47.5 Å². The summed E-state index contributed by atoms with van der Waals surface area (Å²) in [5.74, 6) is 1.07. The highest BCUT2D eigenvalue weighted by Crippen LogP contribution is 2.27. The Morgan fingerprint density at radius 1 is 0.850 bits per heavy atom. The zero-order valence-electron chi connectivity index (χ0n) is 11.3. The molecule has 2 heteroatoms. The highest BCUT2D eigenvalue weighted by atomic mass is 16.5. The summed E-state index contributed by atoms with van der Waals surface area (Å²) < 4.78 is 5.97. The molecule has 0 aromatic heterocycles. The molecule has 0 aliphatic heterocycles. The van der Waals surface area contributed by atoms with Gasteiger partial charge in [0, 0.05) is 0 Å². The Balaban J connectivity index is 1.87. The van der Waals surface area contributed by atoms with Gasteiger partial charge in [-0.3, -0.25) is 0 Å². The lowest BCUT2D eigenvalue weighted by Crippen LogP contribution is -2.02. The van der Waals surface area contributed by atoms with Crippen molar-refractivity contribution in [2.45, 2.75) is 13.0 Å². The predicted octanol–water partition coefficient (Wildman–Crippen LogP) is 4.69. The van der Waals surface area contributed by atoms with Gasteiger partial charge in [-0.15, -0.1) is 0 Å². The Hall–Kier alpha value is -2.48. The van der Waals surface area contributed by atoms with Crippen LogP contribution in [-0.2, 0) is 0 Å². The Kier molecular flexibility index (Phi) is 3.30. The molecule has 20 heavy (non-hydrogen) atoms. The molecule has 1 atom stereocenters. The molecule has 3 aromatic rings. The van der Waals surface area contributed by atoms with Crippen LogP contribution in [0.1, 0.15) is 18.6 Å². The number of hydrogen-bond acceptors (Lipinski definition) is 2. The number of benzene rings is 3. The fourth-order valence-electron chi connectivity index (χ4n) is 2.28. The van der Waals surface area contributed by atoms with Crippen LogP contribution in [0.15, 0.2) is 66.7 Å². The largest absolute Gasteiger partial charge is 0.508 e. The van der Waals surface area contributed by atoms with Gasteiger partial charge in [-0.25, -0.2) is 0 Å². The Morgan fingerprint density at radius 3 is 2.40 bits per heavy atom. The van der Waals surface area contributed by atoms with Gasteiger partial charge in [0.15, 0.2) is 0 Å². The quantitative estimate of drug-likeness (QED) is 0.744. The van der Waals surface area contributed by atoms with Crippen molar-refractivity contribution in [3.63, 3.8) is 0 Å². The molecule has 3 aromatic carbocycles. The molecular formula is C18H16O2. The van der Waals surface area contributed by atoms with Crippen LogP contribution in [0, 0.1) is 0 Å². The van der Waals surface area contributed by atoms with Crippen LogP contribution in [0.4, 0.5) is 0 Å². The summed E-state index contributed by atoms with van der Waals surface area (Å²) in [7, 11) is 0. The van der Waals surface area contributed by atoms with E-state index in [4.69, 9.17) is 4.74 Å². The number of ether oxygens (including phenoxy) is 1. The van der Waals surface area contributed by atoms with E-state index in [1.807, 2.05) is 49.4 Å². The summed E-state index contributed by atoms with van der Waals surface area (Å²) in [5, 5.41) is 11.6. The number of rotatable bonds is 3. The summed E-state index contributed by atoms with van der Waals surface area (Å²) in [6.45, 7) is 2.03. The molecule has 2 nitrogen and oxygen atoms in total. The first-order valence-corrected chi connectivity index (χ1v) is 6.67. The molecule has 100 valence electrons. The first-order valence-electron chi connectivity index (χ1n) is 6.67. The molecule has 3 rings (SSSR count). The lowest BCUT2D eigenvalue weighted by Gasteiger charge is -2.15. The molecule has 0 saturated carbocycles. The smallest absolute Gasteiger partial charge is 0.121 e. The number of hydrogen-bond donors (Lipinski definition) is 1. The third-order valence-electron chi connectivity index (χ3n) is 3.38. The Morgan fingerprint density at radius 2 is 1.60 bits per heavy atom. The average Bonchev–Trinajstić information content (AvgIpc) is 2.47. The predicted molar refractivity (Wildman–Crippen MR) is 81.1 cm³/mol. The number of phenolic OH excluding ortho intramolecular Hbond substituents is 1. The van der Waals surface area contributed by atoms with E-state index < -0.39 is 0 Å². The van der Waals surface area contributed by atoms with Crippen LogP contribution >= 0.6 is 0 Å². The van der Waals surface area contributed by atoms with Crippen molar-refractivity contribution in [2.75, 3.05) is 0 Å². The van der Waals surface area contributed by atoms with Crippen molar-refractivity contribution >= 4 is 10.8 Å². The molecule has 0 heterocycles. The van der Waals surface area contributed by atoms with Crippen molar-refractivity contribution in [1.29, 1.82) is 0 Å². The minimum Gasteiger partial charge on any atom is -0.508 e.